The minimum atomic E-state index is -1.24. The summed E-state index contributed by atoms with van der Waals surface area (Å²) in [7, 11) is 0. The van der Waals surface area contributed by atoms with E-state index in [0.717, 1.165) is 11.3 Å². The van der Waals surface area contributed by atoms with Crippen LogP contribution in [0.5, 0.6) is 0 Å². The molecule has 1 aromatic heterocycles. The number of carbonyl (C=O) groups is 3. The molecule has 0 aliphatic heterocycles. The molecule has 1 radical (unpaired) electrons. The number of amides is 1. The van der Waals surface area contributed by atoms with Crippen molar-refractivity contribution in [2.24, 2.45) is 0 Å². The van der Waals surface area contributed by atoms with E-state index < -0.39 is 30.1 Å². The number of nitrogens with zero attached hydrogens (tertiary/aromatic N) is 1. The topological polar surface area (TPSA) is 109 Å². The number of nitrogens with one attached hydrogen (secondary N) is 1. The molecule has 42 heavy (non-hydrogen) atoms. The van der Waals surface area contributed by atoms with Gasteiger partial charge in [0.1, 0.15) is 18.0 Å². The third kappa shape index (κ3) is 8.04. The van der Waals surface area contributed by atoms with Gasteiger partial charge in [-0.1, -0.05) is 62.4 Å². The van der Waals surface area contributed by atoms with Gasteiger partial charge in [0.25, 0.3) is 5.91 Å². The van der Waals surface area contributed by atoms with Crippen LogP contribution >= 0.6 is 0 Å². The fourth-order valence-corrected chi connectivity index (χ4v) is 5.09. The van der Waals surface area contributed by atoms with E-state index in [1.165, 1.54) is 12.1 Å². The van der Waals surface area contributed by atoms with Gasteiger partial charge < -0.3 is 20.1 Å². The second-order valence-corrected chi connectivity index (χ2v) is 10.2. The minimum Gasteiger partial charge on any atom is -0.481 e. The summed E-state index contributed by atoms with van der Waals surface area (Å²) >= 11 is 0. The molecular formula is C33H33FN2NaO5. The second kappa shape index (κ2) is 15.1. The largest absolute Gasteiger partial charge is 0.481 e. The molecule has 0 aliphatic carbocycles. The Morgan fingerprint density at radius 3 is 2.05 bits per heavy atom. The number of para-hydroxylation sites is 1. The van der Waals surface area contributed by atoms with Gasteiger partial charge in [0.15, 0.2) is 0 Å². The van der Waals surface area contributed by atoms with Crippen LogP contribution in [0.15, 0.2) is 84.9 Å². The van der Waals surface area contributed by atoms with Crippen LogP contribution in [0.2, 0.25) is 0 Å². The number of Topliss-reactive ketones (excluding diaryl/α,β-unsaturated/α-hetero) is 1. The molecule has 0 saturated carbocycles. The van der Waals surface area contributed by atoms with E-state index in [2.05, 4.69) is 5.32 Å². The molecular weight excluding hydrogens is 546 g/mol. The van der Waals surface area contributed by atoms with E-state index in [1.807, 2.05) is 66.9 Å². The Kier molecular flexibility index (Phi) is 11.8. The van der Waals surface area contributed by atoms with Gasteiger partial charge in [0.2, 0.25) is 0 Å². The van der Waals surface area contributed by atoms with Crippen LogP contribution in [0.4, 0.5) is 10.1 Å². The van der Waals surface area contributed by atoms with Crippen molar-refractivity contribution in [3.8, 4) is 22.4 Å². The number of ketones is 1. The number of hydrogen-bond donors (Lipinski definition) is 3. The molecule has 3 N–H and O–H groups in total. The summed E-state index contributed by atoms with van der Waals surface area (Å²) in [6.45, 7) is 4.18. The van der Waals surface area contributed by atoms with Gasteiger partial charge in [0.05, 0.1) is 17.4 Å². The number of aliphatic hydroxyl groups is 1. The van der Waals surface area contributed by atoms with Crippen molar-refractivity contribution in [2.45, 2.75) is 51.7 Å². The van der Waals surface area contributed by atoms with Gasteiger partial charge in [-0.15, -0.1) is 0 Å². The summed E-state index contributed by atoms with van der Waals surface area (Å²) in [5.74, 6) is -2.64. The first-order chi connectivity index (χ1) is 19.7. The fourth-order valence-electron chi connectivity index (χ4n) is 5.09. The molecule has 9 heteroatoms. The molecule has 3 aromatic carbocycles. The Morgan fingerprint density at radius 2 is 1.48 bits per heavy atom. The number of aliphatic carboxylic acids is 1. The molecule has 0 fully saturated rings. The van der Waals surface area contributed by atoms with Crippen LogP contribution in [-0.2, 0) is 16.1 Å². The Hall–Kier alpha value is -3.56. The summed E-state index contributed by atoms with van der Waals surface area (Å²) in [6.07, 6.45) is -1.88. The van der Waals surface area contributed by atoms with Gasteiger partial charge in [-0.25, -0.2) is 4.39 Å². The zero-order valence-electron chi connectivity index (χ0n) is 24.0. The number of anilines is 1. The van der Waals surface area contributed by atoms with E-state index >= 15 is 0 Å². The van der Waals surface area contributed by atoms with Crippen molar-refractivity contribution in [3.63, 3.8) is 0 Å². The van der Waals surface area contributed by atoms with Crippen LogP contribution in [-0.4, -0.2) is 68.1 Å². The van der Waals surface area contributed by atoms with Gasteiger partial charge in [-0.3, -0.25) is 14.4 Å². The number of carbonyl (C=O) groups excluding carboxylic acids is 2. The zero-order valence-corrected chi connectivity index (χ0v) is 26.0. The molecule has 213 valence electrons. The van der Waals surface area contributed by atoms with E-state index in [-0.39, 0.29) is 60.8 Å². The third-order valence-electron chi connectivity index (χ3n) is 6.79. The number of carboxylic acid groups (broad SMARTS) is 1. The number of halogens is 1. The van der Waals surface area contributed by atoms with Crippen molar-refractivity contribution in [3.05, 3.63) is 102 Å². The van der Waals surface area contributed by atoms with Crippen molar-refractivity contribution >= 4 is 52.9 Å². The van der Waals surface area contributed by atoms with E-state index in [9.17, 15) is 23.9 Å². The molecule has 0 saturated heterocycles. The molecule has 1 atom stereocenters. The maximum Gasteiger partial charge on any atom is 0.310 e. The smallest absolute Gasteiger partial charge is 0.310 e. The molecule has 7 nitrogen and oxygen atoms in total. The molecule has 1 heterocycles. The van der Waals surface area contributed by atoms with E-state index in [4.69, 9.17) is 5.11 Å². The van der Waals surface area contributed by atoms with Gasteiger partial charge in [-0.2, -0.15) is 0 Å². The minimum absolute atomic E-state index is 0. The van der Waals surface area contributed by atoms with Crippen molar-refractivity contribution < 1.29 is 29.0 Å². The SMILES string of the molecule is CC(C)c1c(C(=O)Nc2ccccc2)c(-c2ccccc2)c(-c2ccc(F)cc2)n1CCC(O)CC(=O)CC(=O)O.[Na]. The second-order valence-electron chi connectivity index (χ2n) is 10.2. The number of hydrogen-bond acceptors (Lipinski definition) is 4. The van der Waals surface area contributed by atoms with Crippen LogP contribution in [0.3, 0.4) is 0 Å². The Balaban J connectivity index is 0.00000484. The molecule has 0 spiro atoms. The van der Waals surface area contributed by atoms with Gasteiger partial charge >= 0.3 is 5.97 Å². The van der Waals surface area contributed by atoms with Crippen LogP contribution in [0.25, 0.3) is 22.4 Å². The molecule has 4 rings (SSSR count). The Labute approximate surface area is 266 Å². The van der Waals surface area contributed by atoms with E-state index in [1.54, 1.807) is 24.3 Å². The van der Waals surface area contributed by atoms with Crippen molar-refractivity contribution in [2.75, 3.05) is 5.32 Å². The molecule has 4 aromatic rings. The summed E-state index contributed by atoms with van der Waals surface area (Å²) < 4.78 is 16.0. The van der Waals surface area contributed by atoms with Crippen molar-refractivity contribution in [1.82, 2.24) is 4.57 Å². The number of aliphatic hydroxyl groups excluding tert-OH is 1. The summed E-state index contributed by atoms with van der Waals surface area (Å²) in [5, 5.41) is 22.6. The molecule has 0 aliphatic rings. The monoisotopic (exact) mass is 579 g/mol. The number of carboxylic acids is 1. The average molecular weight is 580 g/mol. The fraction of sp³-hybridized carbons (Fsp3) is 0.242. The number of rotatable bonds is 12. The third-order valence-corrected chi connectivity index (χ3v) is 6.79. The Bertz CT molecular complexity index is 1520. The number of aromatic nitrogens is 1. The summed E-state index contributed by atoms with van der Waals surface area (Å²) in [4.78, 5) is 37.0. The molecule has 1 unspecified atom stereocenters. The normalized spacial score (nSPS) is 11.5. The van der Waals surface area contributed by atoms with Gasteiger partial charge in [0, 0.05) is 59.5 Å². The van der Waals surface area contributed by atoms with E-state index in [0.29, 0.717) is 28.1 Å². The molecule has 1 amide bonds. The van der Waals surface area contributed by atoms with Crippen LogP contribution in [0, 0.1) is 5.82 Å². The number of benzene rings is 3. The molecule has 0 bridgehead atoms. The maximum absolute atomic E-state index is 14.0. The van der Waals surface area contributed by atoms with Crippen LogP contribution in [0.1, 0.15) is 55.1 Å². The first kappa shape index (κ1) is 32.9. The predicted octanol–water partition coefficient (Wildman–Crippen LogP) is 6.14. The first-order valence-corrected chi connectivity index (χ1v) is 13.5. The van der Waals surface area contributed by atoms with Crippen molar-refractivity contribution in [1.29, 1.82) is 0 Å². The predicted molar refractivity (Wildman–Crippen MR) is 162 cm³/mol. The standard InChI is InChI=1S/C33H33FN2O5.Na/c1-21(2)31-30(33(41)35-25-11-7-4-8-12-25)29(22-9-5-3-6-10-22)32(23-13-15-24(34)16-14-23)36(31)18-17-26(37)19-27(38)20-28(39)40;/h3-16,21,26,37H,17-20H2,1-2H3,(H,35,41)(H,39,40);. The summed E-state index contributed by atoms with van der Waals surface area (Å²) in [6, 6.07) is 24.6. The summed E-state index contributed by atoms with van der Waals surface area (Å²) in [5.41, 5.74) is 4.65. The first-order valence-electron chi connectivity index (χ1n) is 13.5. The average Bonchev–Trinajstić information content (AvgIpc) is 3.28. The zero-order chi connectivity index (χ0) is 29.5. The Morgan fingerprint density at radius 1 is 0.881 bits per heavy atom. The van der Waals surface area contributed by atoms with Crippen LogP contribution < -0.4 is 5.32 Å². The maximum atomic E-state index is 14.0. The van der Waals surface area contributed by atoms with Gasteiger partial charge in [-0.05, 0) is 59.9 Å². The quantitative estimate of drug-likeness (QED) is 0.138.